The Hall–Kier alpha value is -3.48. The number of rotatable bonds is 3. The summed E-state index contributed by atoms with van der Waals surface area (Å²) in [4.78, 5) is 20.9. The Kier molecular flexibility index (Phi) is 3.38. The summed E-state index contributed by atoms with van der Waals surface area (Å²) >= 11 is 0. The first-order valence-corrected chi connectivity index (χ1v) is 6.69. The molecule has 2 N–H and O–H groups in total. The zero-order valence-corrected chi connectivity index (χ0v) is 11.8. The Morgan fingerprint density at radius 2 is 1.43 bits per heavy atom. The molecule has 0 aliphatic carbocycles. The van der Waals surface area contributed by atoms with Gasteiger partial charge in [0.25, 0.3) is 11.4 Å². The van der Waals surface area contributed by atoms with Crippen LogP contribution < -0.4 is 5.73 Å². The van der Waals surface area contributed by atoms with Crippen molar-refractivity contribution in [1.82, 2.24) is 0 Å². The van der Waals surface area contributed by atoms with E-state index >= 15 is 0 Å². The van der Waals surface area contributed by atoms with Crippen molar-refractivity contribution < 1.29 is 9.85 Å². The molecule has 0 heterocycles. The van der Waals surface area contributed by atoms with Gasteiger partial charge in [-0.3, -0.25) is 20.2 Å². The largest absolute Gasteiger partial charge is 0.398 e. The number of nitrogen functional groups attached to an aromatic ring is 1. The molecule has 7 nitrogen and oxygen atoms in total. The SMILES string of the molecule is Nc1ccc(-c2ccc([N+](=O)[O-])cc2[N+](=O)[O-])c2ccccc12. The molecule has 114 valence electrons. The van der Waals surface area contributed by atoms with Gasteiger partial charge in [0, 0.05) is 17.1 Å². The Morgan fingerprint density at radius 3 is 2.09 bits per heavy atom. The lowest BCUT2D eigenvalue weighted by Gasteiger charge is -2.09. The zero-order chi connectivity index (χ0) is 16.6. The van der Waals surface area contributed by atoms with E-state index in [2.05, 4.69) is 0 Å². The third kappa shape index (κ3) is 2.44. The molecule has 0 radical (unpaired) electrons. The topological polar surface area (TPSA) is 112 Å². The molecule has 0 unspecified atom stereocenters. The average Bonchev–Trinajstić information content (AvgIpc) is 2.55. The number of nitro benzene ring substituents is 2. The van der Waals surface area contributed by atoms with Crippen molar-refractivity contribution in [2.75, 3.05) is 5.73 Å². The summed E-state index contributed by atoms with van der Waals surface area (Å²) in [6.45, 7) is 0. The molecule has 0 bridgehead atoms. The van der Waals surface area contributed by atoms with Crippen LogP contribution in [0.2, 0.25) is 0 Å². The van der Waals surface area contributed by atoms with Crippen LogP contribution in [0.1, 0.15) is 0 Å². The molecule has 7 heteroatoms. The summed E-state index contributed by atoms with van der Waals surface area (Å²) in [5, 5.41) is 23.7. The highest BCUT2D eigenvalue weighted by molar-refractivity contribution is 6.04. The molecule has 0 saturated heterocycles. The number of nitrogens with two attached hydrogens (primary N) is 1. The number of hydrogen-bond acceptors (Lipinski definition) is 5. The first-order chi connectivity index (χ1) is 11.0. The molecule has 0 saturated carbocycles. The third-order valence-corrected chi connectivity index (χ3v) is 3.64. The van der Waals surface area contributed by atoms with Crippen LogP contribution in [0.4, 0.5) is 17.1 Å². The number of nitro groups is 2. The molecule has 0 atom stereocenters. The highest BCUT2D eigenvalue weighted by Gasteiger charge is 2.21. The van der Waals surface area contributed by atoms with Gasteiger partial charge in [0.2, 0.25) is 0 Å². The lowest BCUT2D eigenvalue weighted by molar-refractivity contribution is -0.393. The van der Waals surface area contributed by atoms with E-state index in [1.807, 2.05) is 24.3 Å². The summed E-state index contributed by atoms with van der Waals surface area (Å²) in [6, 6.07) is 14.3. The molecule has 0 fully saturated rings. The normalized spacial score (nSPS) is 10.6. The van der Waals surface area contributed by atoms with Gasteiger partial charge >= 0.3 is 0 Å². The van der Waals surface area contributed by atoms with Crippen LogP contribution >= 0.6 is 0 Å². The first kappa shape index (κ1) is 14.5. The van der Waals surface area contributed by atoms with Gasteiger partial charge in [-0.25, -0.2) is 0 Å². The fourth-order valence-electron chi connectivity index (χ4n) is 2.57. The van der Waals surface area contributed by atoms with Gasteiger partial charge in [-0.05, 0) is 23.1 Å². The van der Waals surface area contributed by atoms with Gasteiger partial charge in [0.1, 0.15) is 0 Å². The van der Waals surface area contributed by atoms with Crippen LogP contribution in [0.5, 0.6) is 0 Å². The van der Waals surface area contributed by atoms with Crippen molar-refractivity contribution >= 4 is 27.8 Å². The molecule has 0 amide bonds. The number of benzene rings is 3. The van der Waals surface area contributed by atoms with Gasteiger partial charge in [-0.2, -0.15) is 0 Å². The first-order valence-electron chi connectivity index (χ1n) is 6.69. The van der Waals surface area contributed by atoms with Gasteiger partial charge in [-0.15, -0.1) is 0 Å². The molecule has 3 rings (SSSR count). The van der Waals surface area contributed by atoms with Crippen molar-refractivity contribution in [1.29, 1.82) is 0 Å². The predicted octanol–water partition coefficient (Wildman–Crippen LogP) is 3.91. The van der Waals surface area contributed by atoms with Crippen LogP contribution in [0.25, 0.3) is 21.9 Å². The average molecular weight is 309 g/mol. The van der Waals surface area contributed by atoms with E-state index in [0.717, 1.165) is 16.8 Å². The lowest BCUT2D eigenvalue weighted by Crippen LogP contribution is -1.96. The highest BCUT2D eigenvalue weighted by atomic mass is 16.6. The minimum absolute atomic E-state index is 0.311. The Morgan fingerprint density at radius 1 is 0.783 bits per heavy atom. The van der Waals surface area contributed by atoms with Crippen molar-refractivity contribution in [3.8, 4) is 11.1 Å². The fourth-order valence-corrected chi connectivity index (χ4v) is 2.57. The quantitative estimate of drug-likeness (QED) is 0.448. The summed E-state index contributed by atoms with van der Waals surface area (Å²) in [5.41, 5.74) is 6.80. The van der Waals surface area contributed by atoms with E-state index < -0.39 is 9.85 Å². The number of hydrogen-bond donors (Lipinski definition) is 1. The molecule has 3 aromatic carbocycles. The fraction of sp³-hybridized carbons (Fsp3) is 0. The minimum atomic E-state index is -0.655. The molecule has 0 aliphatic heterocycles. The van der Waals surface area contributed by atoms with Crippen LogP contribution in [0.15, 0.2) is 54.6 Å². The molecule has 3 aromatic rings. The summed E-state index contributed by atoms with van der Waals surface area (Å²) in [7, 11) is 0. The van der Waals surface area contributed by atoms with E-state index in [1.54, 1.807) is 12.1 Å². The van der Waals surface area contributed by atoms with Crippen LogP contribution in [0, 0.1) is 20.2 Å². The smallest absolute Gasteiger partial charge is 0.284 e. The molecular weight excluding hydrogens is 298 g/mol. The van der Waals surface area contributed by atoms with Crippen LogP contribution in [-0.2, 0) is 0 Å². The van der Waals surface area contributed by atoms with Crippen molar-refractivity contribution in [2.24, 2.45) is 0 Å². The zero-order valence-electron chi connectivity index (χ0n) is 11.8. The second-order valence-electron chi connectivity index (χ2n) is 4.96. The summed E-state index contributed by atoms with van der Waals surface area (Å²) in [6.07, 6.45) is 0. The molecular formula is C16H11N3O4. The van der Waals surface area contributed by atoms with Crippen molar-refractivity contribution in [3.63, 3.8) is 0 Å². The standard InChI is InChI=1S/C16H11N3O4/c17-15-8-7-12(11-3-1-2-4-13(11)15)14-6-5-10(18(20)21)9-16(14)19(22)23/h1-9H,17H2. The van der Waals surface area contributed by atoms with Crippen LogP contribution in [-0.4, -0.2) is 9.85 Å². The second-order valence-corrected chi connectivity index (χ2v) is 4.96. The highest BCUT2D eigenvalue weighted by Crippen LogP contribution is 2.38. The summed E-state index contributed by atoms with van der Waals surface area (Å²) in [5.74, 6) is 0. The monoisotopic (exact) mass is 309 g/mol. The summed E-state index contributed by atoms with van der Waals surface area (Å²) < 4.78 is 0. The second kappa shape index (κ2) is 5.38. The predicted molar refractivity (Wildman–Crippen MR) is 87.1 cm³/mol. The maximum atomic E-state index is 11.3. The lowest BCUT2D eigenvalue weighted by atomic mass is 9.96. The maximum Gasteiger partial charge on any atom is 0.284 e. The Labute approximate surface area is 130 Å². The van der Waals surface area contributed by atoms with E-state index in [4.69, 9.17) is 5.73 Å². The maximum absolute atomic E-state index is 11.3. The van der Waals surface area contributed by atoms with Gasteiger partial charge in [-0.1, -0.05) is 30.3 Å². The van der Waals surface area contributed by atoms with E-state index in [0.29, 0.717) is 16.8 Å². The van der Waals surface area contributed by atoms with E-state index in [-0.39, 0.29) is 11.4 Å². The third-order valence-electron chi connectivity index (χ3n) is 3.64. The molecule has 0 spiro atoms. The Balaban J connectivity index is 2.33. The number of nitrogens with zero attached hydrogens (tertiary/aromatic N) is 2. The minimum Gasteiger partial charge on any atom is -0.398 e. The number of anilines is 1. The number of non-ortho nitro benzene ring substituents is 1. The van der Waals surface area contributed by atoms with Crippen molar-refractivity contribution in [3.05, 3.63) is 74.8 Å². The van der Waals surface area contributed by atoms with Gasteiger partial charge in [0.15, 0.2) is 0 Å². The van der Waals surface area contributed by atoms with Gasteiger partial charge < -0.3 is 5.73 Å². The van der Waals surface area contributed by atoms with Crippen LogP contribution in [0.3, 0.4) is 0 Å². The number of fused-ring (bicyclic) bond motifs is 1. The molecule has 0 aliphatic rings. The molecule has 23 heavy (non-hydrogen) atoms. The van der Waals surface area contributed by atoms with E-state index in [9.17, 15) is 20.2 Å². The Bertz CT molecular complexity index is 953. The van der Waals surface area contributed by atoms with Gasteiger partial charge in [0.05, 0.1) is 21.5 Å². The van der Waals surface area contributed by atoms with E-state index in [1.165, 1.54) is 12.1 Å². The molecule has 0 aromatic heterocycles. The van der Waals surface area contributed by atoms with Crippen molar-refractivity contribution in [2.45, 2.75) is 0 Å².